The number of hydrogen-bond donors (Lipinski definition) is 3. The van der Waals surface area contributed by atoms with Crippen molar-refractivity contribution in [2.75, 3.05) is 5.32 Å². The van der Waals surface area contributed by atoms with Gasteiger partial charge in [-0.1, -0.05) is 15.9 Å². The number of amides is 2. The van der Waals surface area contributed by atoms with Gasteiger partial charge in [-0.05, 0) is 37.5 Å². The fourth-order valence-corrected chi connectivity index (χ4v) is 2.76. The van der Waals surface area contributed by atoms with Crippen LogP contribution in [0.5, 0.6) is 0 Å². The maximum absolute atomic E-state index is 11.9. The van der Waals surface area contributed by atoms with Crippen LogP contribution in [0.1, 0.15) is 24.8 Å². The molecule has 6 nitrogen and oxygen atoms in total. The maximum atomic E-state index is 11.9. The fourth-order valence-electron chi connectivity index (χ4n) is 2.40. The predicted octanol–water partition coefficient (Wildman–Crippen LogP) is 2.70. The van der Waals surface area contributed by atoms with Crippen molar-refractivity contribution in [1.82, 2.24) is 5.32 Å². The molecule has 0 aliphatic heterocycles. The van der Waals surface area contributed by atoms with Gasteiger partial charge in [0.15, 0.2) is 0 Å². The van der Waals surface area contributed by atoms with E-state index in [1.807, 2.05) is 6.07 Å². The van der Waals surface area contributed by atoms with Crippen LogP contribution in [-0.2, 0) is 4.79 Å². The van der Waals surface area contributed by atoms with Gasteiger partial charge in [-0.2, -0.15) is 5.26 Å². The number of anilines is 1. The highest BCUT2D eigenvalue weighted by molar-refractivity contribution is 9.10. The molecule has 110 valence electrons. The van der Waals surface area contributed by atoms with E-state index in [2.05, 4.69) is 26.6 Å². The summed E-state index contributed by atoms with van der Waals surface area (Å²) in [7, 11) is 0. The number of urea groups is 1. The fraction of sp³-hybridized carbons (Fsp3) is 0.357. The van der Waals surface area contributed by atoms with Crippen molar-refractivity contribution >= 4 is 33.6 Å². The molecule has 0 saturated heterocycles. The smallest absolute Gasteiger partial charge is 0.319 e. The summed E-state index contributed by atoms with van der Waals surface area (Å²) in [5.74, 6) is -1.21. The van der Waals surface area contributed by atoms with E-state index in [-0.39, 0.29) is 6.04 Å². The van der Waals surface area contributed by atoms with E-state index < -0.39 is 17.9 Å². The third-order valence-corrected chi connectivity index (χ3v) is 3.96. The summed E-state index contributed by atoms with van der Waals surface area (Å²) < 4.78 is 0.753. The predicted molar refractivity (Wildman–Crippen MR) is 79.8 cm³/mol. The molecular formula is C14H14BrN3O3. The molecule has 2 amide bonds. The van der Waals surface area contributed by atoms with Gasteiger partial charge in [-0.15, -0.1) is 0 Å². The highest BCUT2D eigenvalue weighted by Gasteiger charge is 2.30. The molecule has 1 fully saturated rings. The van der Waals surface area contributed by atoms with E-state index in [1.165, 1.54) is 0 Å². The summed E-state index contributed by atoms with van der Waals surface area (Å²) in [4.78, 5) is 22.8. The summed E-state index contributed by atoms with van der Waals surface area (Å²) in [6.45, 7) is 0. The normalized spacial score (nSPS) is 20.6. The Morgan fingerprint density at radius 1 is 1.38 bits per heavy atom. The van der Waals surface area contributed by atoms with Crippen molar-refractivity contribution in [3.63, 3.8) is 0 Å². The van der Waals surface area contributed by atoms with Gasteiger partial charge in [0.2, 0.25) is 0 Å². The Morgan fingerprint density at radius 2 is 2.14 bits per heavy atom. The molecule has 0 heterocycles. The van der Waals surface area contributed by atoms with E-state index in [0.717, 1.165) is 4.47 Å². The zero-order valence-corrected chi connectivity index (χ0v) is 12.7. The molecule has 2 atom stereocenters. The minimum atomic E-state index is -0.821. The first-order valence-electron chi connectivity index (χ1n) is 6.49. The number of aliphatic carboxylic acids is 1. The Labute approximate surface area is 130 Å². The molecule has 1 aromatic carbocycles. The van der Waals surface area contributed by atoms with Gasteiger partial charge in [-0.3, -0.25) is 4.79 Å². The van der Waals surface area contributed by atoms with E-state index in [9.17, 15) is 9.59 Å². The lowest BCUT2D eigenvalue weighted by atomic mass is 10.1. The van der Waals surface area contributed by atoms with Crippen molar-refractivity contribution in [3.8, 4) is 6.07 Å². The molecule has 1 aromatic rings. The molecule has 7 heteroatoms. The average Bonchev–Trinajstić information content (AvgIpc) is 2.87. The molecule has 0 spiro atoms. The Hall–Kier alpha value is -2.07. The minimum Gasteiger partial charge on any atom is -0.481 e. The number of hydrogen-bond acceptors (Lipinski definition) is 3. The number of halogens is 1. The van der Waals surface area contributed by atoms with Crippen LogP contribution < -0.4 is 10.6 Å². The summed E-state index contributed by atoms with van der Waals surface area (Å²) >= 11 is 3.28. The lowest BCUT2D eigenvalue weighted by molar-refractivity contribution is -0.141. The quantitative estimate of drug-likeness (QED) is 0.778. The number of nitriles is 1. The molecule has 3 N–H and O–H groups in total. The topological polar surface area (TPSA) is 102 Å². The maximum Gasteiger partial charge on any atom is 0.319 e. The molecule has 1 saturated carbocycles. The van der Waals surface area contributed by atoms with Crippen molar-refractivity contribution in [3.05, 3.63) is 28.2 Å². The van der Waals surface area contributed by atoms with Gasteiger partial charge < -0.3 is 15.7 Å². The lowest BCUT2D eigenvalue weighted by Gasteiger charge is -2.14. The van der Waals surface area contributed by atoms with Crippen LogP contribution in [-0.4, -0.2) is 23.1 Å². The van der Waals surface area contributed by atoms with Crippen LogP contribution in [0.3, 0.4) is 0 Å². The molecule has 0 bridgehead atoms. The first-order chi connectivity index (χ1) is 9.99. The van der Waals surface area contributed by atoms with Gasteiger partial charge >= 0.3 is 12.0 Å². The van der Waals surface area contributed by atoms with Crippen LogP contribution in [0, 0.1) is 17.2 Å². The number of carboxylic acids is 1. The van der Waals surface area contributed by atoms with Gasteiger partial charge in [0.1, 0.15) is 6.07 Å². The standard InChI is InChI=1S/C14H14BrN3O3/c15-10-3-1-9(7-16)12(6-10)18-14(21)17-11-4-2-8(5-11)13(19)20/h1,3,6,8,11H,2,4-5H2,(H,19,20)(H2,17,18,21)/t8-,11+/m1/s1. The number of nitrogens with one attached hydrogen (secondary N) is 2. The molecule has 2 rings (SSSR count). The molecule has 1 aliphatic carbocycles. The molecule has 0 aromatic heterocycles. The van der Waals surface area contributed by atoms with Gasteiger partial charge in [-0.25, -0.2) is 4.79 Å². The Balaban J connectivity index is 1.96. The van der Waals surface area contributed by atoms with Crippen LogP contribution in [0.15, 0.2) is 22.7 Å². The monoisotopic (exact) mass is 351 g/mol. The Bertz CT molecular complexity index is 612. The highest BCUT2D eigenvalue weighted by Crippen LogP contribution is 2.26. The van der Waals surface area contributed by atoms with E-state index in [1.54, 1.807) is 18.2 Å². The average molecular weight is 352 g/mol. The Morgan fingerprint density at radius 3 is 2.76 bits per heavy atom. The zero-order chi connectivity index (χ0) is 15.4. The number of rotatable bonds is 3. The van der Waals surface area contributed by atoms with Crippen LogP contribution in [0.25, 0.3) is 0 Å². The van der Waals surface area contributed by atoms with Crippen molar-refractivity contribution in [1.29, 1.82) is 5.26 Å². The van der Waals surface area contributed by atoms with Crippen LogP contribution >= 0.6 is 15.9 Å². The van der Waals surface area contributed by atoms with Crippen molar-refractivity contribution in [2.45, 2.75) is 25.3 Å². The third kappa shape index (κ3) is 3.95. The number of carbonyl (C=O) groups is 2. The zero-order valence-electron chi connectivity index (χ0n) is 11.1. The summed E-state index contributed by atoms with van der Waals surface area (Å²) in [6.07, 6.45) is 1.65. The number of nitrogens with zero attached hydrogens (tertiary/aromatic N) is 1. The first kappa shape index (κ1) is 15.3. The summed E-state index contributed by atoms with van der Waals surface area (Å²) in [5.41, 5.74) is 0.778. The van der Waals surface area contributed by atoms with Gasteiger partial charge in [0, 0.05) is 10.5 Å². The molecule has 21 heavy (non-hydrogen) atoms. The van der Waals surface area contributed by atoms with Gasteiger partial charge in [0.05, 0.1) is 17.2 Å². The lowest BCUT2D eigenvalue weighted by Crippen LogP contribution is -2.36. The van der Waals surface area contributed by atoms with Gasteiger partial charge in [0.25, 0.3) is 0 Å². The van der Waals surface area contributed by atoms with Crippen LogP contribution in [0.2, 0.25) is 0 Å². The second-order valence-electron chi connectivity index (χ2n) is 4.95. The summed E-state index contributed by atoms with van der Waals surface area (Å²) in [5, 5.41) is 23.3. The second kappa shape index (κ2) is 6.59. The number of benzene rings is 1. The second-order valence-corrected chi connectivity index (χ2v) is 5.86. The summed E-state index contributed by atoms with van der Waals surface area (Å²) in [6, 6.07) is 6.39. The highest BCUT2D eigenvalue weighted by atomic mass is 79.9. The molecular weight excluding hydrogens is 338 g/mol. The first-order valence-corrected chi connectivity index (χ1v) is 7.29. The van der Waals surface area contributed by atoms with E-state index in [4.69, 9.17) is 10.4 Å². The number of carbonyl (C=O) groups excluding carboxylic acids is 1. The van der Waals surface area contributed by atoms with E-state index >= 15 is 0 Å². The molecule has 0 radical (unpaired) electrons. The largest absolute Gasteiger partial charge is 0.481 e. The number of carboxylic acid groups (broad SMARTS) is 1. The van der Waals surface area contributed by atoms with Crippen molar-refractivity contribution in [2.24, 2.45) is 5.92 Å². The van der Waals surface area contributed by atoms with Crippen LogP contribution in [0.4, 0.5) is 10.5 Å². The Kier molecular flexibility index (Phi) is 4.81. The van der Waals surface area contributed by atoms with Crippen molar-refractivity contribution < 1.29 is 14.7 Å². The molecule has 0 unspecified atom stereocenters. The van der Waals surface area contributed by atoms with E-state index in [0.29, 0.717) is 30.5 Å². The molecule has 1 aliphatic rings. The third-order valence-electron chi connectivity index (χ3n) is 3.47. The minimum absolute atomic E-state index is 0.149. The SMILES string of the molecule is N#Cc1ccc(Br)cc1NC(=O)N[C@H]1CC[C@@H](C(=O)O)C1.